The van der Waals surface area contributed by atoms with Crippen LogP contribution in [0.4, 0.5) is 0 Å². The van der Waals surface area contributed by atoms with Crippen LogP contribution in [0.15, 0.2) is 35.7 Å². The van der Waals surface area contributed by atoms with Crippen LogP contribution in [0.25, 0.3) is 0 Å². The molecule has 0 radical (unpaired) electrons. The zero-order valence-electron chi connectivity index (χ0n) is 11.8. The van der Waals surface area contributed by atoms with Gasteiger partial charge in [0, 0.05) is 4.88 Å². The molecule has 0 aliphatic rings. The topological polar surface area (TPSA) is 38.7 Å². The van der Waals surface area contributed by atoms with Gasteiger partial charge in [0.05, 0.1) is 19.8 Å². The third kappa shape index (κ3) is 3.74. The molecule has 3 nitrogen and oxygen atoms in total. The van der Waals surface area contributed by atoms with Crippen molar-refractivity contribution >= 4 is 11.3 Å². The van der Waals surface area contributed by atoms with Crippen molar-refractivity contribution in [1.82, 2.24) is 0 Å². The molecule has 1 heterocycles. The molecule has 0 aliphatic carbocycles. The molecule has 20 heavy (non-hydrogen) atoms. The molecule has 1 unspecified atom stereocenters. The Hall–Kier alpha value is -1.52. The molecule has 1 aromatic carbocycles. The molecule has 2 aromatic rings. The fourth-order valence-electron chi connectivity index (χ4n) is 2.07. The second-order valence-corrected chi connectivity index (χ2v) is 5.47. The monoisotopic (exact) mass is 292 g/mol. The average Bonchev–Trinajstić information content (AvgIpc) is 3.00. The van der Waals surface area contributed by atoms with Gasteiger partial charge in [-0.2, -0.15) is 0 Å². The first-order valence-electron chi connectivity index (χ1n) is 6.75. The van der Waals surface area contributed by atoms with E-state index in [-0.39, 0.29) is 0 Å². The van der Waals surface area contributed by atoms with Crippen molar-refractivity contribution in [3.8, 4) is 11.5 Å². The van der Waals surface area contributed by atoms with E-state index in [4.69, 9.17) is 9.47 Å². The van der Waals surface area contributed by atoms with Crippen LogP contribution in [0.1, 0.15) is 29.9 Å². The van der Waals surface area contributed by atoms with Crippen LogP contribution >= 0.6 is 11.3 Å². The molecule has 0 saturated carbocycles. The lowest BCUT2D eigenvalue weighted by Gasteiger charge is -2.12. The third-order valence-corrected chi connectivity index (χ3v) is 4.08. The molecule has 1 N–H and O–H groups in total. The van der Waals surface area contributed by atoms with Gasteiger partial charge in [-0.1, -0.05) is 12.1 Å². The lowest BCUT2D eigenvalue weighted by molar-refractivity contribution is 0.171. The smallest absolute Gasteiger partial charge is 0.161 e. The van der Waals surface area contributed by atoms with E-state index in [0.29, 0.717) is 13.0 Å². The predicted octanol–water partition coefficient (Wildman–Crippen LogP) is 3.82. The zero-order chi connectivity index (χ0) is 14.4. The molecule has 1 aromatic heterocycles. The molecule has 0 spiro atoms. The largest absolute Gasteiger partial charge is 0.493 e. The molecule has 1 atom stereocenters. The van der Waals surface area contributed by atoms with E-state index in [2.05, 4.69) is 0 Å². The normalized spacial score (nSPS) is 12.2. The van der Waals surface area contributed by atoms with Crippen LogP contribution < -0.4 is 9.47 Å². The van der Waals surface area contributed by atoms with E-state index in [1.807, 2.05) is 42.6 Å². The van der Waals surface area contributed by atoms with Gasteiger partial charge in [-0.3, -0.25) is 0 Å². The van der Waals surface area contributed by atoms with Gasteiger partial charge in [0.1, 0.15) is 0 Å². The highest BCUT2D eigenvalue weighted by molar-refractivity contribution is 7.10. The first-order valence-corrected chi connectivity index (χ1v) is 7.63. The summed E-state index contributed by atoms with van der Waals surface area (Å²) in [6, 6.07) is 9.85. The molecular formula is C16H20O3S. The quantitative estimate of drug-likeness (QED) is 0.843. The van der Waals surface area contributed by atoms with Crippen LogP contribution in [-0.4, -0.2) is 18.8 Å². The number of hydrogen-bond acceptors (Lipinski definition) is 4. The molecule has 108 valence electrons. The number of aliphatic hydroxyl groups excluding tert-OH is 1. The highest BCUT2D eigenvalue weighted by Gasteiger charge is 2.10. The summed E-state index contributed by atoms with van der Waals surface area (Å²) in [5.74, 6) is 1.51. The highest BCUT2D eigenvalue weighted by Crippen LogP contribution is 2.30. The van der Waals surface area contributed by atoms with Crippen molar-refractivity contribution in [1.29, 1.82) is 0 Å². The van der Waals surface area contributed by atoms with Crippen molar-refractivity contribution in [3.05, 3.63) is 46.2 Å². The van der Waals surface area contributed by atoms with Crippen molar-refractivity contribution in [3.63, 3.8) is 0 Å². The number of rotatable bonds is 7. The van der Waals surface area contributed by atoms with Crippen LogP contribution in [-0.2, 0) is 6.42 Å². The Bertz CT molecular complexity index is 523. The van der Waals surface area contributed by atoms with Gasteiger partial charge in [0.2, 0.25) is 0 Å². The van der Waals surface area contributed by atoms with E-state index in [1.54, 1.807) is 18.4 Å². The fraction of sp³-hybridized carbons (Fsp3) is 0.375. The minimum atomic E-state index is -0.396. The summed E-state index contributed by atoms with van der Waals surface area (Å²) in [6.45, 7) is 2.57. The Morgan fingerprint density at radius 1 is 1.25 bits per heavy atom. The van der Waals surface area contributed by atoms with Gasteiger partial charge >= 0.3 is 0 Å². The van der Waals surface area contributed by atoms with Crippen LogP contribution in [0.3, 0.4) is 0 Å². The van der Waals surface area contributed by atoms with Crippen LogP contribution in [0.2, 0.25) is 0 Å². The summed E-state index contributed by atoms with van der Waals surface area (Å²) in [4.78, 5) is 1.02. The molecule has 0 bridgehead atoms. The van der Waals surface area contributed by atoms with Gasteiger partial charge in [-0.05, 0) is 48.9 Å². The molecule has 0 amide bonds. The molecule has 2 rings (SSSR count). The summed E-state index contributed by atoms with van der Waals surface area (Å²) in [6.07, 6.45) is 1.12. The maximum atomic E-state index is 10.1. The molecule has 0 saturated heterocycles. The lowest BCUT2D eigenvalue weighted by atomic mass is 10.1. The number of methoxy groups -OCH3 is 1. The number of ether oxygens (including phenoxy) is 2. The summed E-state index contributed by atoms with van der Waals surface area (Å²) >= 11 is 1.59. The fourth-order valence-corrected chi connectivity index (χ4v) is 2.82. The lowest BCUT2D eigenvalue weighted by Crippen LogP contribution is -1.99. The van der Waals surface area contributed by atoms with E-state index >= 15 is 0 Å². The third-order valence-electron chi connectivity index (χ3n) is 3.11. The minimum Gasteiger partial charge on any atom is -0.493 e. The number of hydrogen-bond donors (Lipinski definition) is 1. The Labute approximate surface area is 123 Å². The maximum absolute atomic E-state index is 10.1. The van der Waals surface area contributed by atoms with Gasteiger partial charge in [-0.25, -0.2) is 0 Å². The highest BCUT2D eigenvalue weighted by atomic mass is 32.1. The number of thiophene rings is 1. The molecular weight excluding hydrogens is 272 g/mol. The standard InChI is InChI=1S/C16H20O3S/c1-3-19-14-9-7-12(11-15(14)18-2)6-8-13(17)16-5-4-10-20-16/h4-5,7,9-11,13,17H,3,6,8H2,1-2H3. The summed E-state index contributed by atoms with van der Waals surface area (Å²) < 4.78 is 10.8. The molecule has 0 fully saturated rings. The Kier molecular flexibility index (Phi) is 5.44. The zero-order valence-corrected chi connectivity index (χ0v) is 12.7. The van der Waals surface area contributed by atoms with Gasteiger partial charge < -0.3 is 14.6 Å². The van der Waals surface area contributed by atoms with Crippen molar-refractivity contribution in [2.75, 3.05) is 13.7 Å². The maximum Gasteiger partial charge on any atom is 0.161 e. The van der Waals surface area contributed by atoms with E-state index in [0.717, 1.165) is 28.4 Å². The van der Waals surface area contributed by atoms with Gasteiger partial charge in [0.15, 0.2) is 11.5 Å². The number of benzene rings is 1. The van der Waals surface area contributed by atoms with E-state index in [9.17, 15) is 5.11 Å². The van der Waals surface area contributed by atoms with Crippen LogP contribution in [0, 0.1) is 0 Å². The summed E-state index contributed by atoms with van der Waals surface area (Å²) in [7, 11) is 1.64. The number of aryl methyl sites for hydroxylation is 1. The summed E-state index contributed by atoms with van der Waals surface area (Å²) in [5.41, 5.74) is 1.14. The Morgan fingerprint density at radius 2 is 2.10 bits per heavy atom. The average molecular weight is 292 g/mol. The second-order valence-electron chi connectivity index (χ2n) is 4.49. The Balaban J connectivity index is 1.99. The summed E-state index contributed by atoms with van der Waals surface area (Å²) in [5, 5.41) is 12.1. The van der Waals surface area contributed by atoms with E-state index in [1.165, 1.54) is 0 Å². The van der Waals surface area contributed by atoms with Crippen molar-refractivity contribution in [2.45, 2.75) is 25.9 Å². The Morgan fingerprint density at radius 3 is 2.75 bits per heavy atom. The van der Waals surface area contributed by atoms with Crippen molar-refractivity contribution < 1.29 is 14.6 Å². The minimum absolute atomic E-state index is 0.396. The SMILES string of the molecule is CCOc1ccc(CCC(O)c2cccs2)cc1OC. The van der Waals surface area contributed by atoms with E-state index < -0.39 is 6.10 Å². The van der Waals surface area contributed by atoms with Gasteiger partial charge in [-0.15, -0.1) is 11.3 Å². The first kappa shape index (κ1) is 14.9. The number of aliphatic hydroxyl groups is 1. The van der Waals surface area contributed by atoms with Crippen LogP contribution in [0.5, 0.6) is 11.5 Å². The van der Waals surface area contributed by atoms with Crippen molar-refractivity contribution in [2.24, 2.45) is 0 Å². The molecule has 4 heteroatoms. The predicted molar refractivity (Wildman–Crippen MR) is 81.8 cm³/mol. The first-order chi connectivity index (χ1) is 9.74. The second kappa shape index (κ2) is 7.31. The van der Waals surface area contributed by atoms with Gasteiger partial charge in [0.25, 0.3) is 0 Å². The molecule has 0 aliphatic heterocycles.